The van der Waals surface area contributed by atoms with Crippen LogP contribution in [-0.4, -0.2) is 57.2 Å². The fourth-order valence-electron chi connectivity index (χ4n) is 3.31. The normalized spacial score (nSPS) is 17.3. The number of rotatable bonds is 8. The van der Waals surface area contributed by atoms with E-state index in [1.54, 1.807) is 7.05 Å². The number of carbonyl (C=O) groups excluding carboxylic acids is 1. The summed E-state index contributed by atoms with van der Waals surface area (Å²) in [5.74, 6) is -0.578. The lowest BCUT2D eigenvalue weighted by atomic mass is 9.96. The Labute approximate surface area is 169 Å². The summed E-state index contributed by atoms with van der Waals surface area (Å²) in [5, 5.41) is 2.51. The molecule has 1 aromatic carbocycles. The topological polar surface area (TPSA) is 75.7 Å². The molecule has 1 amide bonds. The smallest absolute Gasteiger partial charge is 0.370 e. The molecule has 0 aliphatic heterocycles. The van der Waals surface area contributed by atoms with Crippen molar-refractivity contribution in [2.24, 2.45) is 0 Å². The summed E-state index contributed by atoms with van der Waals surface area (Å²) >= 11 is 0. The highest BCUT2D eigenvalue weighted by Crippen LogP contribution is 2.26. The van der Waals surface area contributed by atoms with Gasteiger partial charge in [-0.15, -0.1) is 0 Å². The molecule has 1 fully saturated rings. The Morgan fingerprint density at radius 2 is 1.93 bits per heavy atom. The maximum absolute atomic E-state index is 12.9. The number of alkyl halides is 3. The lowest BCUT2D eigenvalue weighted by Crippen LogP contribution is -2.38. The second-order valence-electron chi connectivity index (χ2n) is 7.35. The minimum absolute atomic E-state index is 0.0131. The summed E-state index contributed by atoms with van der Waals surface area (Å²) in [7, 11) is -2.20. The molecule has 0 aromatic heterocycles. The van der Waals surface area contributed by atoms with Gasteiger partial charge in [-0.05, 0) is 38.0 Å². The van der Waals surface area contributed by atoms with Gasteiger partial charge in [0, 0.05) is 24.7 Å². The zero-order valence-electron chi connectivity index (χ0n) is 16.5. The van der Waals surface area contributed by atoms with E-state index in [1.807, 2.05) is 0 Å². The highest BCUT2D eigenvalue weighted by atomic mass is 32.2. The Hall–Kier alpha value is -1.65. The van der Waals surface area contributed by atoms with Gasteiger partial charge in [-0.25, -0.2) is 8.42 Å². The first-order chi connectivity index (χ1) is 13.5. The number of sulfonamides is 1. The fraction of sp³-hybridized carbons (Fsp3) is 0.632. The number of hydrogen-bond donors (Lipinski definition) is 1. The summed E-state index contributed by atoms with van der Waals surface area (Å²) < 4.78 is 68.1. The van der Waals surface area contributed by atoms with Gasteiger partial charge < -0.3 is 10.1 Å². The zero-order valence-corrected chi connectivity index (χ0v) is 17.4. The SMILES string of the molecule is CC(COCC(F)(F)F)NC(=O)c1cccc(S(=O)(=O)N(C)C2CCCCC2)c1. The van der Waals surface area contributed by atoms with Gasteiger partial charge >= 0.3 is 6.18 Å². The Morgan fingerprint density at radius 3 is 2.55 bits per heavy atom. The Bertz CT molecular complexity index is 793. The zero-order chi connectivity index (χ0) is 21.7. The molecule has 0 spiro atoms. The molecule has 6 nitrogen and oxygen atoms in total. The average Bonchev–Trinajstić information content (AvgIpc) is 2.67. The molecule has 29 heavy (non-hydrogen) atoms. The van der Waals surface area contributed by atoms with Crippen LogP contribution in [0.5, 0.6) is 0 Å². The number of amides is 1. The van der Waals surface area contributed by atoms with Crippen LogP contribution in [0.3, 0.4) is 0 Å². The summed E-state index contributed by atoms with van der Waals surface area (Å²) in [6.45, 7) is -0.201. The van der Waals surface area contributed by atoms with Gasteiger partial charge in [0.25, 0.3) is 5.91 Å². The first-order valence-electron chi connectivity index (χ1n) is 9.54. The van der Waals surface area contributed by atoms with E-state index >= 15 is 0 Å². The largest absolute Gasteiger partial charge is 0.411 e. The third-order valence-corrected chi connectivity index (χ3v) is 6.78. The summed E-state index contributed by atoms with van der Waals surface area (Å²) in [6, 6.07) is 4.92. The van der Waals surface area contributed by atoms with Crippen LogP contribution >= 0.6 is 0 Å². The lowest BCUT2D eigenvalue weighted by molar-refractivity contribution is -0.174. The van der Waals surface area contributed by atoms with Gasteiger partial charge in [-0.3, -0.25) is 4.79 Å². The molecule has 1 atom stereocenters. The minimum Gasteiger partial charge on any atom is -0.370 e. The lowest BCUT2D eigenvalue weighted by Gasteiger charge is -2.30. The highest BCUT2D eigenvalue weighted by Gasteiger charge is 2.30. The van der Waals surface area contributed by atoms with E-state index in [0.29, 0.717) is 0 Å². The molecule has 1 unspecified atom stereocenters. The van der Waals surface area contributed by atoms with E-state index < -0.39 is 34.8 Å². The highest BCUT2D eigenvalue weighted by molar-refractivity contribution is 7.89. The van der Waals surface area contributed by atoms with Crippen LogP contribution in [0.25, 0.3) is 0 Å². The van der Waals surface area contributed by atoms with Crippen molar-refractivity contribution in [2.75, 3.05) is 20.3 Å². The maximum atomic E-state index is 12.9. The standard InChI is InChI=1S/C19H27F3N2O4S/c1-14(12-28-13-19(20,21)22)23-18(25)15-7-6-10-17(11-15)29(26,27)24(2)16-8-4-3-5-9-16/h6-7,10-11,14,16H,3-5,8-9,12-13H2,1-2H3,(H,23,25). The predicted molar refractivity (Wildman–Crippen MR) is 102 cm³/mol. The van der Waals surface area contributed by atoms with E-state index in [1.165, 1.54) is 35.5 Å². The molecule has 0 saturated heterocycles. The molecular formula is C19H27F3N2O4S. The third kappa shape index (κ3) is 6.97. The van der Waals surface area contributed by atoms with Gasteiger partial charge in [0.15, 0.2) is 0 Å². The summed E-state index contributed by atoms with van der Waals surface area (Å²) in [5.41, 5.74) is 0.116. The van der Waals surface area contributed by atoms with Gasteiger partial charge in [-0.1, -0.05) is 25.3 Å². The first-order valence-corrected chi connectivity index (χ1v) is 11.0. The quantitative estimate of drug-likeness (QED) is 0.678. The van der Waals surface area contributed by atoms with Crippen molar-refractivity contribution in [1.82, 2.24) is 9.62 Å². The van der Waals surface area contributed by atoms with Crippen LogP contribution in [0.4, 0.5) is 13.2 Å². The Balaban J connectivity index is 2.03. The maximum Gasteiger partial charge on any atom is 0.411 e. The van der Waals surface area contributed by atoms with Crippen molar-refractivity contribution in [1.29, 1.82) is 0 Å². The van der Waals surface area contributed by atoms with Gasteiger partial charge in [-0.2, -0.15) is 17.5 Å². The summed E-state index contributed by atoms with van der Waals surface area (Å²) in [4.78, 5) is 12.4. The molecule has 10 heteroatoms. The molecule has 1 aliphatic carbocycles. The van der Waals surface area contributed by atoms with Crippen molar-refractivity contribution in [3.8, 4) is 0 Å². The molecule has 1 N–H and O–H groups in total. The average molecular weight is 436 g/mol. The van der Waals surface area contributed by atoms with Crippen LogP contribution in [0.1, 0.15) is 49.4 Å². The van der Waals surface area contributed by atoms with E-state index in [2.05, 4.69) is 10.1 Å². The van der Waals surface area contributed by atoms with Crippen molar-refractivity contribution in [2.45, 2.75) is 62.2 Å². The minimum atomic E-state index is -4.43. The summed E-state index contributed by atoms with van der Waals surface area (Å²) in [6.07, 6.45) is 0.265. The van der Waals surface area contributed by atoms with Crippen LogP contribution < -0.4 is 5.32 Å². The number of ether oxygens (including phenoxy) is 1. The van der Waals surface area contributed by atoms with Crippen LogP contribution in [0.15, 0.2) is 29.2 Å². The molecule has 0 heterocycles. The van der Waals surface area contributed by atoms with Gasteiger partial charge in [0.1, 0.15) is 6.61 Å². The molecule has 1 aliphatic rings. The third-order valence-electron chi connectivity index (χ3n) is 4.87. The second-order valence-corrected chi connectivity index (χ2v) is 9.34. The number of hydrogen-bond acceptors (Lipinski definition) is 4. The van der Waals surface area contributed by atoms with Crippen LogP contribution in [-0.2, 0) is 14.8 Å². The van der Waals surface area contributed by atoms with Crippen molar-refractivity contribution in [3.63, 3.8) is 0 Å². The number of nitrogens with zero attached hydrogens (tertiary/aromatic N) is 1. The molecule has 0 radical (unpaired) electrons. The molecular weight excluding hydrogens is 409 g/mol. The molecule has 2 rings (SSSR count). The van der Waals surface area contributed by atoms with E-state index in [4.69, 9.17) is 0 Å². The monoisotopic (exact) mass is 436 g/mol. The number of nitrogens with one attached hydrogen (secondary N) is 1. The van der Waals surface area contributed by atoms with Crippen LogP contribution in [0, 0.1) is 0 Å². The molecule has 1 saturated carbocycles. The van der Waals surface area contributed by atoms with Crippen molar-refractivity contribution < 1.29 is 31.1 Å². The number of halogens is 3. The molecule has 1 aromatic rings. The first kappa shape index (κ1) is 23.6. The van der Waals surface area contributed by atoms with E-state index in [9.17, 15) is 26.4 Å². The van der Waals surface area contributed by atoms with E-state index in [0.717, 1.165) is 32.1 Å². The second kappa shape index (κ2) is 9.90. The number of carbonyl (C=O) groups is 1. The fourth-order valence-corrected chi connectivity index (χ4v) is 4.77. The van der Waals surface area contributed by atoms with Gasteiger partial charge in [0.2, 0.25) is 10.0 Å². The van der Waals surface area contributed by atoms with Gasteiger partial charge in [0.05, 0.1) is 11.5 Å². The predicted octanol–water partition coefficient (Wildman–Crippen LogP) is 3.34. The Kier molecular flexibility index (Phi) is 8.07. The van der Waals surface area contributed by atoms with E-state index in [-0.39, 0.29) is 23.1 Å². The van der Waals surface area contributed by atoms with Crippen LogP contribution in [0.2, 0.25) is 0 Å². The van der Waals surface area contributed by atoms with Crippen molar-refractivity contribution in [3.05, 3.63) is 29.8 Å². The molecule has 164 valence electrons. The number of benzene rings is 1. The molecule has 0 bridgehead atoms. The Morgan fingerprint density at radius 1 is 1.28 bits per heavy atom. The van der Waals surface area contributed by atoms with Crippen molar-refractivity contribution >= 4 is 15.9 Å².